The first-order valence-corrected chi connectivity index (χ1v) is 6.81. The van der Waals surface area contributed by atoms with Crippen LogP contribution in [0.2, 0.25) is 0 Å². The van der Waals surface area contributed by atoms with E-state index >= 15 is 0 Å². The van der Waals surface area contributed by atoms with Crippen molar-refractivity contribution in [2.24, 2.45) is 5.92 Å². The number of nitrogens with one attached hydrogen (secondary N) is 2. The SMILES string of the molecule is CC(C)CS(=O)(=O)NC1CCC(=O)NC1. The van der Waals surface area contributed by atoms with Crippen molar-refractivity contribution in [2.45, 2.75) is 32.7 Å². The van der Waals surface area contributed by atoms with Gasteiger partial charge in [-0.2, -0.15) is 0 Å². The fourth-order valence-electron chi connectivity index (χ4n) is 1.57. The Balaban J connectivity index is 2.44. The second kappa shape index (κ2) is 4.94. The summed E-state index contributed by atoms with van der Waals surface area (Å²) in [5.74, 6) is 0.243. The monoisotopic (exact) mass is 234 g/mol. The lowest BCUT2D eigenvalue weighted by molar-refractivity contribution is -0.122. The standard InChI is InChI=1S/C9H18N2O3S/c1-7(2)6-15(13,14)11-8-3-4-9(12)10-5-8/h7-8,11H,3-6H2,1-2H3,(H,10,12). The normalized spacial score (nSPS) is 22.9. The van der Waals surface area contributed by atoms with E-state index in [2.05, 4.69) is 10.0 Å². The molecule has 1 aliphatic rings. The molecule has 0 bridgehead atoms. The fourth-order valence-corrected chi connectivity index (χ4v) is 3.26. The van der Waals surface area contributed by atoms with Crippen molar-refractivity contribution < 1.29 is 13.2 Å². The van der Waals surface area contributed by atoms with Gasteiger partial charge in [-0.15, -0.1) is 0 Å². The number of hydrogen-bond donors (Lipinski definition) is 2. The molecule has 1 atom stereocenters. The molecule has 15 heavy (non-hydrogen) atoms. The molecule has 0 radical (unpaired) electrons. The number of carbonyl (C=O) groups is 1. The van der Waals surface area contributed by atoms with E-state index in [1.165, 1.54) is 0 Å². The number of amides is 1. The number of carbonyl (C=O) groups excluding carboxylic acids is 1. The van der Waals surface area contributed by atoms with Crippen LogP contribution in [0.1, 0.15) is 26.7 Å². The molecular weight excluding hydrogens is 216 g/mol. The molecule has 1 amide bonds. The highest BCUT2D eigenvalue weighted by atomic mass is 32.2. The van der Waals surface area contributed by atoms with E-state index in [0.29, 0.717) is 19.4 Å². The first-order chi connectivity index (χ1) is 6.89. The molecule has 0 spiro atoms. The van der Waals surface area contributed by atoms with Gasteiger partial charge in [0, 0.05) is 19.0 Å². The molecule has 1 rings (SSSR count). The molecule has 1 unspecified atom stereocenters. The Bertz CT molecular complexity index is 314. The molecule has 0 aromatic heterocycles. The molecule has 1 saturated heterocycles. The van der Waals surface area contributed by atoms with Crippen molar-refractivity contribution in [3.63, 3.8) is 0 Å². The molecule has 0 aliphatic carbocycles. The van der Waals surface area contributed by atoms with Crippen LogP contribution in [0.4, 0.5) is 0 Å². The van der Waals surface area contributed by atoms with Crippen LogP contribution in [0.15, 0.2) is 0 Å². The third-order valence-corrected chi connectivity index (χ3v) is 3.96. The molecule has 5 nitrogen and oxygen atoms in total. The van der Waals surface area contributed by atoms with E-state index in [9.17, 15) is 13.2 Å². The molecular formula is C9H18N2O3S. The zero-order valence-corrected chi connectivity index (χ0v) is 9.93. The molecule has 0 saturated carbocycles. The van der Waals surface area contributed by atoms with E-state index in [1.54, 1.807) is 0 Å². The summed E-state index contributed by atoms with van der Waals surface area (Å²) < 4.78 is 25.7. The smallest absolute Gasteiger partial charge is 0.220 e. The van der Waals surface area contributed by atoms with Gasteiger partial charge in [0.2, 0.25) is 15.9 Å². The van der Waals surface area contributed by atoms with Crippen LogP contribution in [0.3, 0.4) is 0 Å². The van der Waals surface area contributed by atoms with Crippen LogP contribution in [0, 0.1) is 5.92 Å². The Morgan fingerprint density at radius 3 is 2.67 bits per heavy atom. The maximum Gasteiger partial charge on any atom is 0.220 e. The average Bonchev–Trinajstić information content (AvgIpc) is 2.06. The third kappa shape index (κ3) is 4.61. The predicted molar refractivity (Wildman–Crippen MR) is 57.8 cm³/mol. The lowest BCUT2D eigenvalue weighted by Gasteiger charge is -2.23. The van der Waals surface area contributed by atoms with Gasteiger partial charge in [0.05, 0.1) is 5.75 Å². The van der Waals surface area contributed by atoms with Crippen molar-refractivity contribution in [1.29, 1.82) is 0 Å². The van der Waals surface area contributed by atoms with Gasteiger partial charge in [0.15, 0.2) is 0 Å². The number of rotatable bonds is 4. The minimum atomic E-state index is -3.20. The van der Waals surface area contributed by atoms with Gasteiger partial charge >= 0.3 is 0 Å². The highest BCUT2D eigenvalue weighted by Crippen LogP contribution is 2.06. The maximum absolute atomic E-state index is 11.6. The summed E-state index contributed by atoms with van der Waals surface area (Å²) in [6.45, 7) is 4.12. The van der Waals surface area contributed by atoms with Gasteiger partial charge in [-0.25, -0.2) is 13.1 Å². The van der Waals surface area contributed by atoms with Gasteiger partial charge in [-0.1, -0.05) is 13.8 Å². The highest BCUT2D eigenvalue weighted by molar-refractivity contribution is 7.89. The van der Waals surface area contributed by atoms with Crippen molar-refractivity contribution >= 4 is 15.9 Å². The van der Waals surface area contributed by atoms with Crippen LogP contribution in [-0.2, 0) is 14.8 Å². The summed E-state index contributed by atoms with van der Waals surface area (Å²) in [5.41, 5.74) is 0. The van der Waals surface area contributed by atoms with Crippen molar-refractivity contribution in [2.75, 3.05) is 12.3 Å². The Hall–Kier alpha value is -0.620. The van der Waals surface area contributed by atoms with E-state index in [1.807, 2.05) is 13.8 Å². The molecule has 88 valence electrons. The molecule has 0 aromatic carbocycles. The summed E-state index contributed by atoms with van der Waals surface area (Å²) in [4.78, 5) is 10.9. The molecule has 1 aliphatic heterocycles. The average molecular weight is 234 g/mol. The number of piperidine rings is 1. The molecule has 2 N–H and O–H groups in total. The zero-order valence-electron chi connectivity index (χ0n) is 9.12. The number of hydrogen-bond acceptors (Lipinski definition) is 3. The Kier molecular flexibility index (Phi) is 4.10. The van der Waals surface area contributed by atoms with Gasteiger partial charge in [0.1, 0.15) is 0 Å². The van der Waals surface area contributed by atoms with Crippen molar-refractivity contribution in [1.82, 2.24) is 10.0 Å². The predicted octanol–water partition coefficient (Wildman–Crippen LogP) is -0.160. The zero-order chi connectivity index (χ0) is 11.5. The summed E-state index contributed by atoms with van der Waals surface area (Å²) in [6, 6.07) is -0.147. The van der Waals surface area contributed by atoms with Crippen molar-refractivity contribution in [3.05, 3.63) is 0 Å². The summed E-state index contributed by atoms with van der Waals surface area (Å²) in [7, 11) is -3.20. The number of sulfonamides is 1. The second-order valence-corrected chi connectivity index (χ2v) is 6.13. The maximum atomic E-state index is 11.6. The van der Waals surface area contributed by atoms with Crippen LogP contribution in [0.5, 0.6) is 0 Å². The second-order valence-electron chi connectivity index (χ2n) is 4.33. The van der Waals surface area contributed by atoms with Gasteiger partial charge in [-0.3, -0.25) is 4.79 Å². The van der Waals surface area contributed by atoms with E-state index in [4.69, 9.17) is 0 Å². The van der Waals surface area contributed by atoms with Gasteiger partial charge in [0.25, 0.3) is 0 Å². The van der Waals surface area contributed by atoms with Crippen LogP contribution in [0.25, 0.3) is 0 Å². The van der Waals surface area contributed by atoms with Crippen LogP contribution < -0.4 is 10.0 Å². The Morgan fingerprint density at radius 2 is 2.20 bits per heavy atom. The summed E-state index contributed by atoms with van der Waals surface area (Å²) >= 11 is 0. The topological polar surface area (TPSA) is 75.3 Å². The Labute approximate surface area is 90.7 Å². The van der Waals surface area contributed by atoms with Gasteiger partial charge in [-0.05, 0) is 12.3 Å². The van der Waals surface area contributed by atoms with Gasteiger partial charge < -0.3 is 5.32 Å². The van der Waals surface area contributed by atoms with E-state index in [-0.39, 0.29) is 23.6 Å². The third-order valence-electron chi connectivity index (χ3n) is 2.16. The van der Waals surface area contributed by atoms with Crippen molar-refractivity contribution in [3.8, 4) is 0 Å². The first kappa shape index (κ1) is 12.4. The summed E-state index contributed by atoms with van der Waals surface area (Å²) in [5, 5.41) is 2.64. The molecule has 1 fully saturated rings. The minimum Gasteiger partial charge on any atom is -0.355 e. The van der Waals surface area contributed by atoms with Crippen LogP contribution >= 0.6 is 0 Å². The molecule has 1 heterocycles. The Morgan fingerprint density at radius 1 is 1.53 bits per heavy atom. The van der Waals surface area contributed by atoms with E-state index in [0.717, 1.165) is 0 Å². The lowest BCUT2D eigenvalue weighted by atomic mass is 10.1. The summed E-state index contributed by atoms with van der Waals surface area (Å²) in [6.07, 6.45) is 0.984. The molecule has 6 heteroatoms. The fraction of sp³-hybridized carbons (Fsp3) is 0.889. The van der Waals surface area contributed by atoms with E-state index < -0.39 is 10.0 Å². The largest absolute Gasteiger partial charge is 0.355 e. The lowest BCUT2D eigenvalue weighted by Crippen LogP contribution is -2.48. The first-order valence-electron chi connectivity index (χ1n) is 5.16. The minimum absolute atomic E-state index is 0.00527. The highest BCUT2D eigenvalue weighted by Gasteiger charge is 2.23. The molecule has 0 aromatic rings. The van der Waals surface area contributed by atoms with Crippen LogP contribution in [-0.4, -0.2) is 32.7 Å². The quantitative estimate of drug-likeness (QED) is 0.710.